The molecule has 0 aromatic heterocycles. The fourth-order valence-corrected chi connectivity index (χ4v) is 3.74. The largest absolute Gasteiger partial charge is 0.493 e. The lowest BCUT2D eigenvalue weighted by Crippen LogP contribution is -2.17. The van der Waals surface area contributed by atoms with Gasteiger partial charge in [0.15, 0.2) is 11.5 Å². The standard InChI is InChI=1S/C25H22N2O5/c1-15-2-5-19(26-24(28)18-4-7-22-23(13-18)32-11-10-31-22)14-20(15)27-25(29)17-3-6-21-16(12-17)8-9-30-21/h2-7,12-14H,8-11H2,1H3,(H,26,28)(H,27,29). The van der Waals surface area contributed by atoms with E-state index in [9.17, 15) is 9.59 Å². The zero-order valence-electron chi connectivity index (χ0n) is 17.6. The number of carbonyl (C=O) groups is 2. The van der Waals surface area contributed by atoms with Gasteiger partial charge in [-0.05, 0) is 66.6 Å². The first-order valence-corrected chi connectivity index (χ1v) is 10.5. The van der Waals surface area contributed by atoms with Crippen molar-refractivity contribution in [3.8, 4) is 17.2 Å². The van der Waals surface area contributed by atoms with Crippen LogP contribution < -0.4 is 24.8 Å². The first-order valence-electron chi connectivity index (χ1n) is 10.5. The van der Waals surface area contributed by atoms with Gasteiger partial charge in [-0.2, -0.15) is 0 Å². The van der Waals surface area contributed by atoms with Crippen molar-refractivity contribution < 1.29 is 23.8 Å². The Morgan fingerprint density at radius 3 is 2.25 bits per heavy atom. The molecular formula is C25H22N2O5. The van der Waals surface area contributed by atoms with E-state index in [2.05, 4.69) is 10.6 Å². The maximum absolute atomic E-state index is 12.8. The van der Waals surface area contributed by atoms with Crippen molar-refractivity contribution in [3.63, 3.8) is 0 Å². The summed E-state index contributed by atoms with van der Waals surface area (Å²) in [4.78, 5) is 25.5. The number of anilines is 2. The Balaban J connectivity index is 1.31. The van der Waals surface area contributed by atoms with Crippen LogP contribution in [0.1, 0.15) is 31.8 Å². The van der Waals surface area contributed by atoms with Crippen LogP contribution in [0.5, 0.6) is 17.2 Å². The van der Waals surface area contributed by atoms with Gasteiger partial charge in [-0.3, -0.25) is 9.59 Å². The van der Waals surface area contributed by atoms with Crippen LogP contribution in [0.15, 0.2) is 54.6 Å². The summed E-state index contributed by atoms with van der Waals surface area (Å²) in [6.45, 7) is 3.50. The van der Waals surface area contributed by atoms with E-state index in [-0.39, 0.29) is 11.8 Å². The maximum Gasteiger partial charge on any atom is 0.255 e. The summed E-state index contributed by atoms with van der Waals surface area (Å²) in [5.41, 5.74) is 4.16. The predicted octanol–water partition coefficient (Wildman–Crippen LogP) is 4.21. The molecule has 0 unspecified atom stereocenters. The van der Waals surface area contributed by atoms with Gasteiger partial charge in [0.25, 0.3) is 11.8 Å². The molecule has 162 valence electrons. The van der Waals surface area contributed by atoms with E-state index in [1.165, 1.54) is 0 Å². The summed E-state index contributed by atoms with van der Waals surface area (Å²) in [6.07, 6.45) is 0.802. The zero-order valence-corrected chi connectivity index (χ0v) is 17.6. The van der Waals surface area contributed by atoms with Gasteiger partial charge in [0.2, 0.25) is 0 Å². The average molecular weight is 430 g/mol. The van der Waals surface area contributed by atoms with Crippen molar-refractivity contribution in [2.75, 3.05) is 30.5 Å². The Hall–Kier alpha value is -4.00. The topological polar surface area (TPSA) is 85.9 Å². The number of ether oxygens (including phenoxy) is 3. The molecule has 0 radical (unpaired) electrons. The van der Waals surface area contributed by atoms with Crippen molar-refractivity contribution in [3.05, 3.63) is 76.9 Å². The van der Waals surface area contributed by atoms with Crippen molar-refractivity contribution in [1.82, 2.24) is 0 Å². The monoisotopic (exact) mass is 430 g/mol. The van der Waals surface area contributed by atoms with Crippen LogP contribution in [0.3, 0.4) is 0 Å². The van der Waals surface area contributed by atoms with E-state index in [0.29, 0.717) is 53.8 Å². The number of aryl methyl sites for hydroxylation is 1. The fraction of sp³-hybridized carbons (Fsp3) is 0.200. The molecule has 32 heavy (non-hydrogen) atoms. The Labute approximate surface area is 185 Å². The SMILES string of the molecule is Cc1ccc(NC(=O)c2ccc3c(c2)OCCO3)cc1NC(=O)c1ccc2c(c1)CCO2. The van der Waals surface area contributed by atoms with Gasteiger partial charge in [0, 0.05) is 28.9 Å². The van der Waals surface area contributed by atoms with Crippen molar-refractivity contribution in [2.45, 2.75) is 13.3 Å². The molecule has 7 heteroatoms. The molecule has 0 fully saturated rings. The summed E-state index contributed by atoms with van der Waals surface area (Å²) in [5, 5.41) is 5.82. The molecule has 5 rings (SSSR count). The van der Waals surface area contributed by atoms with E-state index >= 15 is 0 Å². The van der Waals surface area contributed by atoms with Crippen molar-refractivity contribution in [1.29, 1.82) is 0 Å². The minimum atomic E-state index is -0.276. The summed E-state index contributed by atoms with van der Waals surface area (Å²) >= 11 is 0. The van der Waals surface area contributed by atoms with Crippen LogP contribution in [0, 0.1) is 6.92 Å². The Bertz CT molecular complexity index is 1220. The van der Waals surface area contributed by atoms with Crippen LogP contribution in [-0.4, -0.2) is 31.6 Å². The molecule has 2 heterocycles. The minimum Gasteiger partial charge on any atom is -0.493 e. The highest BCUT2D eigenvalue weighted by Gasteiger charge is 2.17. The lowest BCUT2D eigenvalue weighted by Gasteiger charge is -2.18. The molecule has 0 saturated heterocycles. The quantitative estimate of drug-likeness (QED) is 0.648. The number of benzene rings is 3. The lowest BCUT2D eigenvalue weighted by molar-refractivity contribution is 0.101. The van der Waals surface area contributed by atoms with E-state index < -0.39 is 0 Å². The van der Waals surface area contributed by atoms with Crippen LogP contribution in [0.4, 0.5) is 11.4 Å². The van der Waals surface area contributed by atoms with Gasteiger partial charge >= 0.3 is 0 Å². The van der Waals surface area contributed by atoms with Crippen molar-refractivity contribution in [2.24, 2.45) is 0 Å². The van der Waals surface area contributed by atoms with Gasteiger partial charge in [-0.1, -0.05) is 6.07 Å². The summed E-state index contributed by atoms with van der Waals surface area (Å²) < 4.78 is 16.6. The molecule has 0 saturated carbocycles. The molecule has 7 nitrogen and oxygen atoms in total. The number of fused-ring (bicyclic) bond motifs is 2. The van der Waals surface area contributed by atoms with E-state index in [0.717, 1.165) is 23.3 Å². The number of rotatable bonds is 4. The number of amides is 2. The molecule has 2 amide bonds. The predicted molar refractivity (Wildman–Crippen MR) is 120 cm³/mol. The number of nitrogens with one attached hydrogen (secondary N) is 2. The summed E-state index contributed by atoms with van der Waals surface area (Å²) in [7, 11) is 0. The highest BCUT2D eigenvalue weighted by Crippen LogP contribution is 2.31. The van der Waals surface area contributed by atoms with Gasteiger partial charge in [0.1, 0.15) is 19.0 Å². The first kappa shape index (κ1) is 19.9. The Kier molecular flexibility index (Phi) is 5.15. The van der Waals surface area contributed by atoms with E-state index in [1.54, 1.807) is 36.4 Å². The number of hydrogen-bond acceptors (Lipinski definition) is 5. The first-order chi connectivity index (χ1) is 15.6. The summed E-state index contributed by atoms with van der Waals surface area (Å²) in [5.74, 6) is 1.54. The number of carbonyl (C=O) groups excluding carboxylic acids is 2. The smallest absolute Gasteiger partial charge is 0.255 e. The third-order valence-corrected chi connectivity index (χ3v) is 5.50. The molecule has 3 aromatic carbocycles. The van der Waals surface area contributed by atoms with Crippen LogP contribution in [-0.2, 0) is 6.42 Å². The molecular weight excluding hydrogens is 408 g/mol. The second-order valence-corrected chi connectivity index (χ2v) is 7.72. The highest BCUT2D eigenvalue weighted by atomic mass is 16.6. The molecule has 2 aliphatic heterocycles. The lowest BCUT2D eigenvalue weighted by atomic mass is 10.1. The van der Waals surface area contributed by atoms with Gasteiger partial charge < -0.3 is 24.8 Å². The zero-order chi connectivity index (χ0) is 22.1. The minimum absolute atomic E-state index is 0.210. The highest BCUT2D eigenvalue weighted by molar-refractivity contribution is 6.07. The molecule has 2 N–H and O–H groups in total. The molecule has 2 aliphatic rings. The normalized spacial score (nSPS) is 13.7. The second kappa shape index (κ2) is 8.26. The molecule has 0 aliphatic carbocycles. The maximum atomic E-state index is 12.8. The Morgan fingerprint density at radius 2 is 1.41 bits per heavy atom. The van der Waals surface area contributed by atoms with Crippen molar-refractivity contribution >= 4 is 23.2 Å². The van der Waals surface area contributed by atoms with Gasteiger partial charge in [-0.25, -0.2) is 0 Å². The number of hydrogen-bond donors (Lipinski definition) is 2. The second-order valence-electron chi connectivity index (χ2n) is 7.72. The fourth-order valence-electron chi connectivity index (χ4n) is 3.74. The molecule has 3 aromatic rings. The molecule has 0 bridgehead atoms. The van der Waals surface area contributed by atoms with Crippen LogP contribution in [0.25, 0.3) is 0 Å². The van der Waals surface area contributed by atoms with E-state index in [1.807, 2.05) is 25.1 Å². The third kappa shape index (κ3) is 3.97. The summed E-state index contributed by atoms with van der Waals surface area (Å²) in [6, 6.07) is 15.9. The molecule has 0 spiro atoms. The van der Waals surface area contributed by atoms with Crippen LogP contribution >= 0.6 is 0 Å². The third-order valence-electron chi connectivity index (χ3n) is 5.50. The van der Waals surface area contributed by atoms with Gasteiger partial charge in [0.05, 0.1) is 6.61 Å². The van der Waals surface area contributed by atoms with Crippen LogP contribution in [0.2, 0.25) is 0 Å². The average Bonchev–Trinajstić information content (AvgIpc) is 3.29. The van der Waals surface area contributed by atoms with Gasteiger partial charge in [-0.15, -0.1) is 0 Å². The molecule has 0 atom stereocenters. The van der Waals surface area contributed by atoms with E-state index in [4.69, 9.17) is 14.2 Å². The Morgan fingerprint density at radius 1 is 0.719 bits per heavy atom.